The summed E-state index contributed by atoms with van der Waals surface area (Å²) in [5.74, 6) is -0.122. The van der Waals surface area contributed by atoms with E-state index in [4.69, 9.17) is 4.74 Å². The maximum absolute atomic E-state index is 11.4. The predicted octanol–water partition coefficient (Wildman–Crippen LogP) is 1.93. The van der Waals surface area contributed by atoms with Gasteiger partial charge in [-0.15, -0.1) is 0 Å². The first-order chi connectivity index (χ1) is 6.16. The standard InChI is InChI=1S/C10H15NO2/c1-7(2)9(10(12)13-3)8-5-4-6-11-8/h4-7,9,11H,1-3H3. The van der Waals surface area contributed by atoms with Crippen molar-refractivity contribution in [1.29, 1.82) is 0 Å². The second-order valence-electron chi connectivity index (χ2n) is 3.37. The quantitative estimate of drug-likeness (QED) is 0.724. The fraction of sp³-hybridized carbons (Fsp3) is 0.500. The number of ether oxygens (including phenoxy) is 1. The van der Waals surface area contributed by atoms with Crippen molar-refractivity contribution < 1.29 is 9.53 Å². The first kappa shape index (κ1) is 9.84. The third-order valence-electron chi connectivity index (χ3n) is 2.08. The van der Waals surface area contributed by atoms with E-state index in [-0.39, 0.29) is 17.8 Å². The lowest BCUT2D eigenvalue weighted by molar-refractivity contribution is -0.143. The fourth-order valence-corrected chi connectivity index (χ4v) is 1.42. The monoisotopic (exact) mass is 181 g/mol. The van der Waals surface area contributed by atoms with E-state index in [9.17, 15) is 4.79 Å². The van der Waals surface area contributed by atoms with Crippen LogP contribution >= 0.6 is 0 Å². The molecule has 0 aliphatic rings. The summed E-state index contributed by atoms with van der Waals surface area (Å²) in [6, 6.07) is 3.79. The summed E-state index contributed by atoms with van der Waals surface area (Å²) in [4.78, 5) is 14.4. The first-order valence-electron chi connectivity index (χ1n) is 4.38. The Morgan fingerprint density at radius 1 is 1.54 bits per heavy atom. The Morgan fingerprint density at radius 3 is 2.62 bits per heavy atom. The summed E-state index contributed by atoms with van der Waals surface area (Å²) in [5, 5.41) is 0. The molecule has 0 spiro atoms. The van der Waals surface area contributed by atoms with Gasteiger partial charge in [0.25, 0.3) is 0 Å². The van der Waals surface area contributed by atoms with Crippen LogP contribution in [0.1, 0.15) is 25.5 Å². The van der Waals surface area contributed by atoms with Crippen molar-refractivity contribution >= 4 is 5.97 Å². The molecule has 3 heteroatoms. The molecule has 0 aromatic carbocycles. The van der Waals surface area contributed by atoms with Crippen LogP contribution in [-0.2, 0) is 9.53 Å². The van der Waals surface area contributed by atoms with Crippen molar-refractivity contribution in [2.45, 2.75) is 19.8 Å². The maximum atomic E-state index is 11.4. The van der Waals surface area contributed by atoms with Gasteiger partial charge in [-0.1, -0.05) is 13.8 Å². The number of rotatable bonds is 3. The van der Waals surface area contributed by atoms with E-state index in [1.54, 1.807) is 0 Å². The highest BCUT2D eigenvalue weighted by atomic mass is 16.5. The van der Waals surface area contributed by atoms with Gasteiger partial charge in [0, 0.05) is 11.9 Å². The minimum atomic E-state index is -0.183. The molecule has 72 valence electrons. The Hall–Kier alpha value is -1.25. The highest BCUT2D eigenvalue weighted by Crippen LogP contribution is 2.23. The number of hydrogen-bond acceptors (Lipinski definition) is 2. The normalized spacial score (nSPS) is 12.9. The summed E-state index contributed by atoms with van der Waals surface area (Å²) in [6.07, 6.45) is 1.81. The van der Waals surface area contributed by atoms with Crippen LogP contribution in [0.25, 0.3) is 0 Å². The van der Waals surface area contributed by atoms with Gasteiger partial charge in [0.05, 0.1) is 13.0 Å². The van der Waals surface area contributed by atoms with Gasteiger partial charge in [-0.25, -0.2) is 0 Å². The maximum Gasteiger partial charge on any atom is 0.314 e. The highest BCUT2D eigenvalue weighted by molar-refractivity contribution is 5.77. The van der Waals surface area contributed by atoms with Gasteiger partial charge in [0.15, 0.2) is 0 Å². The SMILES string of the molecule is COC(=O)C(c1ccc[nH]1)C(C)C. The molecule has 0 saturated carbocycles. The second kappa shape index (κ2) is 4.12. The Kier molecular flexibility index (Phi) is 3.12. The molecule has 1 heterocycles. The molecule has 1 N–H and O–H groups in total. The molecule has 0 aliphatic carbocycles. The second-order valence-corrected chi connectivity index (χ2v) is 3.37. The molecule has 0 aliphatic heterocycles. The molecule has 13 heavy (non-hydrogen) atoms. The zero-order valence-electron chi connectivity index (χ0n) is 8.20. The van der Waals surface area contributed by atoms with Crippen molar-refractivity contribution in [3.05, 3.63) is 24.0 Å². The van der Waals surface area contributed by atoms with Gasteiger partial charge in [-0.2, -0.15) is 0 Å². The summed E-state index contributed by atoms with van der Waals surface area (Å²) in [7, 11) is 1.42. The van der Waals surface area contributed by atoms with E-state index in [1.807, 2.05) is 32.2 Å². The van der Waals surface area contributed by atoms with Crippen molar-refractivity contribution in [2.24, 2.45) is 5.92 Å². The lowest BCUT2D eigenvalue weighted by Gasteiger charge is -2.16. The lowest BCUT2D eigenvalue weighted by atomic mass is 9.93. The van der Waals surface area contributed by atoms with E-state index in [0.717, 1.165) is 5.69 Å². The van der Waals surface area contributed by atoms with Gasteiger partial charge in [0.2, 0.25) is 0 Å². The summed E-state index contributed by atoms with van der Waals surface area (Å²) >= 11 is 0. The third-order valence-corrected chi connectivity index (χ3v) is 2.08. The number of esters is 1. The van der Waals surface area contributed by atoms with E-state index in [0.29, 0.717) is 0 Å². The van der Waals surface area contributed by atoms with Crippen LogP contribution in [-0.4, -0.2) is 18.1 Å². The van der Waals surface area contributed by atoms with Crippen LogP contribution < -0.4 is 0 Å². The number of hydrogen-bond donors (Lipinski definition) is 1. The number of aromatic amines is 1. The molecule has 0 amide bonds. The topological polar surface area (TPSA) is 42.1 Å². The van der Waals surface area contributed by atoms with Crippen LogP contribution in [0.3, 0.4) is 0 Å². The molecule has 1 aromatic rings. The Balaban J connectivity index is 2.87. The number of H-pyrrole nitrogens is 1. The zero-order chi connectivity index (χ0) is 9.84. The Bertz CT molecular complexity index is 264. The van der Waals surface area contributed by atoms with Crippen LogP contribution in [0.5, 0.6) is 0 Å². The minimum absolute atomic E-state index is 0.181. The molecule has 0 bridgehead atoms. The van der Waals surface area contributed by atoms with Crippen LogP contribution in [0.2, 0.25) is 0 Å². The van der Waals surface area contributed by atoms with Gasteiger partial charge < -0.3 is 9.72 Å². The molecule has 1 unspecified atom stereocenters. The largest absolute Gasteiger partial charge is 0.468 e. The smallest absolute Gasteiger partial charge is 0.314 e. The van der Waals surface area contributed by atoms with Crippen LogP contribution in [0.4, 0.5) is 0 Å². The van der Waals surface area contributed by atoms with Gasteiger partial charge in [-0.3, -0.25) is 4.79 Å². The zero-order valence-corrected chi connectivity index (χ0v) is 8.20. The molecule has 1 atom stereocenters. The molecule has 1 rings (SSSR count). The van der Waals surface area contributed by atoms with E-state index in [2.05, 4.69) is 4.98 Å². The number of methoxy groups -OCH3 is 1. The number of aromatic nitrogens is 1. The summed E-state index contributed by atoms with van der Waals surface area (Å²) in [5.41, 5.74) is 0.918. The predicted molar refractivity (Wildman–Crippen MR) is 50.4 cm³/mol. The Labute approximate surface area is 78.1 Å². The molecule has 1 aromatic heterocycles. The van der Waals surface area contributed by atoms with Crippen molar-refractivity contribution in [2.75, 3.05) is 7.11 Å². The van der Waals surface area contributed by atoms with Crippen molar-refractivity contribution in [3.63, 3.8) is 0 Å². The average Bonchev–Trinajstić information content (AvgIpc) is 2.56. The number of nitrogens with one attached hydrogen (secondary N) is 1. The third kappa shape index (κ3) is 2.11. The number of carbonyl (C=O) groups excluding carboxylic acids is 1. The molecule has 0 saturated heterocycles. The average molecular weight is 181 g/mol. The van der Waals surface area contributed by atoms with Gasteiger partial charge in [-0.05, 0) is 18.1 Å². The lowest BCUT2D eigenvalue weighted by Crippen LogP contribution is -2.19. The van der Waals surface area contributed by atoms with E-state index < -0.39 is 0 Å². The highest BCUT2D eigenvalue weighted by Gasteiger charge is 2.25. The summed E-state index contributed by atoms with van der Waals surface area (Å²) < 4.78 is 4.74. The van der Waals surface area contributed by atoms with E-state index in [1.165, 1.54) is 7.11 Å². The summed E-state index contributed by atoms with van der Waals surface area (Å²) in [6.45, 7) is 4.00. The number of carbonyl (C=O) groups is 1. The molecular weight excluding hydrogens is 166 g/mol. The Morgan fingerprint density at radius 2 is 2.23 bits per heavy atom. The van der Waals surface area contributed by atoms with Crippen molar-refractivity contribution in [1.82, 2.24) is 4.98 Å². The van der Waals surface area contributed by atoms with E-state index >= 15 is 0 Å². The minimum Gasteiger partial charge on any atom is -0.468 e. The van der Waals surface area contributed by atoms with Crippen LogP contribution in [0, 0.1) is 5.92 Å². The molecule has 3 nitrogen and oxygen atoms in total. The first-order valence-corrected chi connectivity index (χ1v) is 4.38. The molecule has 0 fully saturated rings. The van der Waals surface area contributed by atoms with Crippen LogP contribution in [0.15, 0.2) is 18.3 Å². The van der Waals surface area contributed by atoms with Crippen molar-refractivity contribution in [3.8, 4) is 0 Å². The fourth-order valence-electron chi connectivity index (χ4n) is 1.42. The van der Waals surface area contributed by atoms with Gasteiger partial charge in [0.1, 0.15) is 0 Å². The molecular formula is C10H15NO2. The van der Waals surface area contributed by atoms with Gasteiger partial charge >= 0.3 is 5.97 Å². The molecule has 0 radical (unpaired) electrons.